The van der Waals surface area contributed by atoms with Gasteiger partial charge in [0.25, 0.3) is 0 Å². The van der Waals surface area contributed by atoms with Crippen LogP contribution in [-0.4, -0.2) is 61.6 Å². The van der Waals surface area contributed by atoms with Gasteiger partial charge >= 0.3 is 0 Å². The Morgan fingerprint density at radius 1 is 0.857 bits per heavy atom. The number of aliphatic imine (C=N–C) groups is 1. The topological polar surface area (TPSA) is 56.9 Å². The van der Waals surface area contributed by atoms with Gasteiger partial charge in [-0.05, 0) is 17.5 Å². The van der Waals surface area contributed by atoms with Crippen molar-refractivity contribution in [2.45, 2.75) is 13.0 Å². The van der Waals surface area contributed by atoms with Crippen molar-refractivity contribution in [2.75, 3.05) is 45.8 Å². The van der Waals surface area contributed by atoms with Gasteiger partial charge in [-0.2, -0.15) is 0 Å². The van der Waals surface area contributed by atoms with Crippen LogP contribution in [0.15, 0.2) is 65.7 Å². The first-order valence-electron chi connectivity index (χ1n) is 9.86. The van der Waals surface area contributed by atoms with Crippen LogP contribution in [0.2, 0.25) is 0 Å². The Morgan fingerprint density at radius 3 is 2.07 bits per heavy atom. The van der Waals surface area contributed by atoms with Crippen LogP contribution in [0, 0.1) is 0 Å². The minimum absolute atomic E-state index is 0. The van der Waals surface area contributed by atoms with Crippen LogP contribution < -0.4 is 11.1 Å². The van der Waals surface area contributed by atoms with Crippen molar-refractivity contribution in [2.24, 2.45) is 10.7 Å². The average molecular weight is 493 g/mol. The largest absolute Gasteiger partial charge is 0.370 e. The molecule has 0 bridgehead atoms. The fourth-order valence-corrected chi connectivity index (χ4v) is 3.36. The van der Waals surface area contributed by atoms with E-state index < -0.39 is 0 Å². The molecule has 0 spiro atoms. The molecule has 3 N–H and O–H groups in total. The smallest absolute Gasteiger partial charge is 0.188 e. The molecule has 1 aliphatic rings. The van der Waals surface area contributed by atoms with Gasteiger partial charge in [-0.25, -0.2) is 0 Å². The summed E-state index contributed by atoms with van der Waals surface area (Å²) in [6.07, 6.45) is 0.959. The fourth-order valence-electron chi connectivity index (χ4n) is 3.36. The third-order valence-electron chi connectivity index (χ3n) is 4.97. The van der Waals surface area contributed by atoms with Crippen molar-refractivity contribution in [3.05, 3.63) is 71.8 Å². The van der Waals surface area contributed by atoms with Crippen molar-refractivity contribution in [1.82, 2.24) is 15.1 Å². The highest BCUT2D eigenvalue weighted by atomic mass is 127. The van der Waals surface area contributed by atoms with E-state index in [9.17, 15) is 0 Å². The Bertz CT molecular complexity index is 685. The van der Waals surface area contributed by atoms with Crippen LogP contribution in [0.1, 0.15) is 11.1 Å². The molecular formula is C22H32IN5. The van der Waals surface area contributed by atoms with Crippen molar-refractivity contribution >= 4 is 29.9 Å². The zero-order valence-electron chi connectivity index (χ0n) is 16.5. The average Bonchev–Trinajstić information content (AvgIpc) is 2.71. The van der Waals surface area contributed by atoms with Crippen molar-refractivity contribution in [1.29, 1.82) is 0 Å². The third kappa shape index (κ3) is 8.16. The molecule has 1 heterocycles. The molecule has 5 nitrogen and oxygen atoms in total. The molecule has 1 saturated heterocycles. The van der Waals surface area contributed by atoms with Crippen LogP contribution in [0.4, 0.5) is 0 Å². The highest BCUT2D eigenvalue weighted by Crippen LogP contribution is 2.08. The second kappa shape index (κ2) is 12.7. The van der Waals surface area contributed by atoms with Crippen molar-refractivity contribution in [3.63, 3.8) is 0 Å². The predicted molar refractivity (Wildman–Crippen MR) is 128 cm³/mol. The van der Waals surface area contributed by atoms with E-state index in [1.54, 1.807) is 0 Å². The van der Waals surface area contributed by atoms with Crippen LogP contribution >= 0.6 is 24.0 Å². The summed E-state index contributed by atoms with van der Waals surface area (Å²) in [4.78, 5) is 9.46. The van der Waals surface area contributed by atoms with Crippen LogP contribution in [0.5, 0.6) is 0 Å². The molecule has 0 aromatic heterocycles. The van der Waals surface area contributed by atoms with E-state index in [1.807, 2.05) is 6.07 Å². The molecule has 152 valence electrons. The van der Waals surface area contributed by atoms with Gasteiger partial charge in [0, 0.05) is 45.8 Å². The van der Waals surface area contributed by atoms with E-state index in [0.29, 0.717) is 5.96 Å². The lowest BCUT2D eigenvalue weighted by molar-refractivity contribution is 0.130. The molecule has 6 heteroatoms. The zero-order chi connectivity index (χ0) is 18.7. The minimum atomic E-state index is 0. The number of nitrogens with two attached hydrogens (primary N) is 1. The lowest BCUT2D eigenvalue weighted by Gasteiger charge is -2.34. The molecule has 0 unspecified atom stereocenters. The maximum Gasteiger partial charge on any atom is 0.188 e. The monoisotopic (exact) mass is 493 g/mol. The van der Waals surface area contributed by atoms with Crippen LogP contribution in [0.25, 0.3) is 0 Å². The quantitative estimate of drug-likeness (QED) is 0.337. The van der Waals surface area contributed by atoms with Gasteiger partial charge in [-0.1, -0.05) is 60.7 Å². The van der Waals surface area contributed by atoms with Gasteiger partial charge in [0.15, 0.2) is 5.96 Å². The summed E-state index contributed by atoms with van der Waals surface area (Å²) in [6.45, 7) is 8.02. The molecule has 1 aliphatic heterocycles. The summed E-state index contributed by atoms with van der Waals surface area (Å²) in [5, 5.41) is 3.20. The molecule has 3 rings (SSSR count). The Kier molecular flexibility index (Phi) is 10.3. The Labute approximate surface area is 186 Å². The second-order valence-corrected chi connectivity index (χ2v) is 7.03. The summed E-state index contributed by atoms with van der Waals surface area (Å²) in [7, 11) is 0. The second-order valence-electron chi connectivity index (χ2n) is 7.03. The van der Waals surface area contributed by atoms with Gasteiger partial charge in [-0.3, -0.25) is 14.8 Å². The molecule has 2 aromatic carbocycles. The minimum Gasteiger partial charge on any atom is -0.370 e. The maximum atomic E-state index is 5.97. The molecule has 0 radical (unpaired) electrons. The number of guanidine groups is 1. The lowest BCUT2D eigenvalue weighted by Crippen LogP contribution is -2.46. The van der Waals surface area contributed by atoms with Crippen LogP contribution in [0.3, 0.4) is 0 Å². The first-order chi connectivity index (χ1) is 13.3. The predicted octanol–water partition coefficient (Wildman–Crippen LogP) is 2.57. The maximum absolute atomic E-state index is 5.97. The molecule has 1 fully saturated rings. The standard InChI is InChI=1S/C22H31N5.HI/c23-22(24-12-11-20-7-3-1-4-8-20)25-13-14-26-15-17-27(18-16-26)19-21-9-5-2-6-10-21;/h1-10H,11-19H2,(H3,23,24,25);1H. The molecule has 0 aliphatic carbocycles. The number of hydrogen-bond acceptors (Lipinski definition) is 3. The molecular weight excluding hydrogens is 461 g/mol. The van der Waals surface area contributed by atoms with Crippen LogP contribution in [-0.2, 0) is 13.0 Å². The number of benzene rings is 2. The Hall–Kier alpha value is -1.64. The summed E-state index contributed by atoms with van der Waals surface area (Å²) in [6, 6.07) is 21.1. The zero-order valence-corrected chi connectivity index (χ0v) is 18.8. The van der Waals surface area contributed by atoms with Gasteiger partial charge < -0.3 is 11.1 Å². The molecule has 0 amide bonds. The SMILES string of the molecule is I.NC(=NCCN1CCN(Cc2ccccc2)CC1)NCCc1ccccc1. The Balaban J connectivity index is 0.00000280. The summed E-state index contributed by atoms with van der Waals surface area (Å²) >= 11 is 0. The number of nitrogens with zero attached hydrogens (tertiary/aromatic N) is 3. The third-order valence-corrected chi connectivity index (χ3v) is 4.97. The molecule has 0 saturated carbocycles. The Morgan fingerprint density at radius 2 is 1.43 bits per heavy atom. The van der Waals surface area contributed by atoms with Crippen molar-refractivity contribution < 1.29 is 0 Å². The number of halogens is 1. The van der Waals surface area contributed by atoms with Gasteiger partial charge in [0.05, 0.1) is 6.54 Å². The lowest BCUT2D eigenvalue weighted by atomic mass is 10.1. The summed E-state index contributed by atoms with van der Waals surface area (Å²) in [5.41, 5.74) is 8.68. The first-order valence-corrected chi connectivity index (χ1v) is 9.86. The van der Waals surface area contributed by atoms with Gasteiger partial charge in [0.2, 0.25) is 0 Å². The first kappa shape index (κ1) is 22.6. The van der Waals surface area contributed by atoms with E-state index >= 15 is 0 Å². The van der Waals surface area contributed by atoms with E-state index in [-0.39, 0.29) is 24.0 Å². The van der Waals surface area contributed by atoms with E-state index in [0.717, 1.165) is 58.8 Å². The number of hydrogen-bond donors (Lipinski definition) is 2. The number of nitrogens with one attached hydrogen (secondary N) is 1. The highest BCUT2D eigenvalue weighted by molar-refractivity contribution is 14.0. The summed E-state index contributed by atoms with van der Waals surface area (Å²) in [5.74, 6) is 0.550. The molecule has 0 atom stereocenters. The molecule has 28 heavy (non-hydrogen) atoms. The van der Waals surface area contributed by atoms with Crippen molar-refractivity contribution in [3.8, 4) is 0 Å². The van der Waals surface area contributed by atoms with E-state index in [4.69, 9.17) is 5.73 Å². The number of piperazine rings is 1. The number of rotatable bonds is 8. The summed E-state index contributed by atoms with van der Waals surface area (Å²) < 4.78 is 0. The van der Waals surface area contributed by atoms with E-state index in [2.05, 4.69) is 74.7 Å². The normalized spacial score (nSPS) is 15.8. The van der Waals surface area contributed by atoms with E-state index in [1.165, 1.54) is 11.1 Å². The fraction of sp³-hybridized carbons (Fsp3) is 0.409. The highest BCUT2D eigenvalue weighted by Gasteiger charge is 2.16. The molecule has 2 aromatic rings. The van der Waals surface area contributed by atoms with Gasteiger partial charge in [0.1, 0.15) is 0 Å². The van der Waals surface area contributed by atoms with Gasteiger partial charge in [-0.15, -0.1) is 24.0 Å².